The predicted molar refractivity (Wildman–Crippen MR) is 67.1 cm³/mol. The third-order valence-corrected chi connectivity index (χ3v) is 3.37. The predicted octanol–water partition coefficient (Wildman–Crippen LogP) is 0.222. The molecule has 0 unspecified atom stereocenters. The zero-order valence-corrected chi connectivity index (χ0v) is 10.3. The molecule has 1 amide bonds. The number of amides is 1. The largest absolute Gasteiger partial charge is 0.394 e. The van der Waals surface area contributed by atoms with E-state index in [4.69, 9.17) is 5.11 Å². The minimum atomic E-state index is -0.0922. The molecule has 0 bridgehead atoms. The number of hydrogen-bond acceptors (Lipinski definition) is 3. The third kappa shape index (κ3) is 2.79. The molecule has 1 saturated heterocycles. The van der Waals surface area contributed by atoms with Crippen LogP contribution in [0.2, 0.25) is 0 Å². The molecule has 0 saturated carbocycles. The molecule has 0 aliphatic carbocycles. The molecule has 98 valence electrons. The number of rotatable bonds is 4. The van der Waals surface area contributed by atoms with E-state index in [0.29, 0.717) is 19.5 Å². The number of carbonyl (C=O) groups is 1. The van der Waals surface area contributed by atoms with E-state index in [9.17, 15) is 9.59 Å². The summed E-state index contributed by atoms with van der Waals surface area (Å²) in [5.41, 5.74) is -0.0922. The number of pyridine rings is 1. The molecule has 1 aromatic rings. The van der Waals surface area contributed by atoms with Gasteiger partial charge in [-0.25, -0.2) is 0 Å². The minimum Gasteiger partial charge on any atom is -0.394 e. The molecule has 18 heavy (non-hydrogen) atoms. The molecule has 5 heteroatoms. The van der Waals surface area contributed by atoms with Crippen LogP contribution in [0.5, 0.6) is 0 Å². The van der Waals surface area contributed by atoms with Crippen LogP contribution in [0, 0.1) is 0 Å². The Kier molecular flexibility index (Phi) is 4.15. The van der Waals surface area contributed by atoms with E-state index in [1.165, 1.54) is 10.6 Å². The van der Waals surface area contributed by atoms with Crippen molar-refractivity contribution in [3.63, 3.8) is 0 Å². The Morgan fingerprint density at radius 3 is 3.00 bits per heavy atom. The van der Waals surface area contributed by atoms with Gasteiger partial charge in [-0.15, -0.1) is 0 Å². The normalized spacial score (nSPS) is 19.2. The maximum atomic E-state index is 12.0. The molecule has 2 rings (SSSR count). The Balaban J connectivity index is 1.92. The standard InChI is InChI=1S/C13H18N2O3/c16-10-11-4-3-8-15(11)13(18)6-9-14-7-2-1-5-12(14)17/h1-2,5,7,11,16H,3-4,6,8-10H2/t11-/m0/s1. The molecule has 0 spiro atoms. The van der Waals surface area contributed by atoms with Gasteiger partial charge in [-0.2, -0.15) is 0 Å². The first kappa shape index (κ1) is 12.8. The molecule has 0 aromatic carbocycles. The van der Waals surface area contributed by atoms with Gasteiger partial charge in [0.2, 0.25) is 5.91 Å². The minimum absolute atomic E-state index is 0.0160. The summed E-state index contributed by atoms with van der Waals surface area (Å²) < 4.78 is 1.53. The van der Waals surface area contributed by atoms with Crippen molar-refractivity contribution in [3.05, 3.63) is 34.7 Å². The number of aromatic nitrogens is 1. The zero-order valence-electron chi connectivity index (χ0n) is 10.3. The Labute approximate surface area is 106 Å². The monoisotopic (exact) mass is 250 g/mol. The maximum Gasteiger partial charge on any atom is 0.250 e. The molecule has 2 heterocycles. The summed E-state index contributed by atoms with van der Waals surface area (Å²) in [6.45, 7) is 1.14. The second-order valence-corrected chi connectivity index (χ2v) is 4.55. The van der Waals surface area contributed by atoms with E-state index in [1.807, 2.05) is 0 Å². The molecular weight excluding hydrogens is 232 g/mol. The van der Waals surface area contributed by atoms with Gasteiger partial charge in [-0.1, -0.05) is 6.07 Å². The molecule has 5 nitrogen and oxygen atoms in total. The summed E-state index contributed by atoms with van der Waals surface area (Å²) in [5, 5.41) is 9.17. The summed E-state index contributed by atoms with van der Waals surface area (Å²) in [7, 11) is 0. The van der Waals surface area contributed by atoms with Crippen LogP contribution in [0.15, 0.2) is 29.2 Å². The van der Waals surface area contributed by atoms with Gasteiger partial charge in [-0.05, 0) is 18.9 Å². The van der Waals surface area contributed by atoms with Crippen LogP contribution in [-0.4, -0.2) is 39.7 Å². The molecule has 1 atom stereocenters. The smallest absolute Gasteiger partial charge is 0.250 e. The number of aliphatic hydroxyl groups excluding tert-OH is 1. The van der Waals surface area contributed by atoms with E-state index in [-0.39, 0.29) is 24.1 Å². The van der Waals surface area contributed by atoms with Crippen LogP contribution in [0.25, 0.3) is 0 Å². The van der Waals surface area contributed by atoms with Crippen LogP contribution < -0.4 is 5.56 Å². The summed E-state index contributed by atoms with van der Waals surface area (Å²) >= 11 is 0. The lowest BCUT2D eigenvalue weighted by Crippen LogP contribution is -2.38. The Morgan fingerprint density at radius 1 is 1.44 bits per heavy atom. The van der Waals surface area contributed by atoms with Crippen molar-refractivity contribution in [1.82, 2.24) is 9.47 Å². The summed E-state index contributed by atoms with van der Waals surface area (Å²) in [4.78, 5) is 25.2. The lowest BCUT2D eigenvalue weighted by Gasteiger charge is -2.23. The number of nitrogens with zero attached hydrogens (tertiary/aromatic N) is 2. The first-order chi connectivity index (χ1) is 8.72. The quantitative estimate of drug-likeness (QED) is 0.831. The SMILES string of the molecule is O=C(CCn1ccccc1=O)N1CCC[C@H]1CO. The lowest BCUT2D eigenvalue weighted by molar-refractivity contribution is -0.132. The highest BCUT2D eigenvalue weighted by Gasteiger charge is 2.27. The van der Waals surface area contributed by atoms with Crippen molar-refractivity contribution in [2.45, 2.75) is 31.8 Å². The van der Waals surface area contributed by atoms with Crippen molar-refractivity contribution in [2.24, 2.45) is 0 Å². The first-order valence-electron chi connectivity index (χ1n) is 6.28. The third-order valence-electron chi connectivity index (χ3n) is 3.37. The molecule has 1 N–H and O–H groups in total. The van der Waals surface area contributed by atoms with E-state index >= 15 is 0 Å². The van der Waals surface area contributed by atoms with E-state index < -0.39 is 0 Å². The van der Waals surface area contributed by atoms with Crippen LogP contribution in [0.1, 0.15) is 19.3 Å². The second-order valence-electron chi connectivity index (χ2n) is 4.55. The van der Waals surface area contributed by atoms with Gasteiger partial charge in [0.1, 0.15) is 0 Å². The summed E-state index contributed by atoms with van der Waals surface area (Å²) in [5.74, 6) is 0.0160. The van der Waals surface area contributed by atoms with Crippen LogP contribution in [0.4, 0.5) is 0 Å². The zero-order chi connectivity index (χ0) is 13.0. The van der Waals surface area contributed by atoms with E-state index in [0.717, 1.165) is 12.8 Å². The van der Waals surface area contributed by atoms with Crippen molar-refractivity contribution >= 4 is 5.91 Å². The van der Waals surface area contributed by atoms with Crippen molar-refractivity contribution in [2.75, 3.05) is 13.2 Å². The Bertz CT molecular complexity index is 469. The van der Waals surface area contributed by atoms with Crippen LogP contribution in [-0.2, 0) is 11.3 Å². The summed E-state index contributed by atoms with van der Waals surface area (Å²) in [6.07, 6.45) is 3.80. The molecule has 1 aliphatic rings. The van der Waals surface area contributed by atoms with E-state index in [2.05, 4.69) is 0 Å². The van der Waals surface area contributed by atoms with Gasteiger partial charge in [0, 0.05) is 31.8 Å². The Hall–Kier alpha value is -1.62. The fourth-order valence-corrected chi connectivity index (χ4v) is 2.36. The first-order valence-corrected chi connectivity index (χ1v) is 6.28. The van der Waals surface area contributed by atoms with Gasteiger partial charge in [0.15, 0.2) is 0 Å². The van der Waals surface area contributed by atoms with Crippen molar-refractivity contribution in [3.8, 4) is 0 Å². The molecule has 0 radical (unpaired) electrons. The number of likely N-dealkylation sites (tertiary alicyclic amines) is 1. The van der Waals surface area contributed by atoms with Crippen LogP contribution in [0.3, 0.4) is 0 Å². The average molecular weight is 250 g/mol. The van der Waals surface area contributed by atoms with E-state index in [1.54, 1.807) is 23.2 Å². The van der Waals surface area contributed by atoms with Crippen molar-refractivity contribution in [1.29, 1.82) is 0 Å². The molecule has 1 aliphatic heterocycles. The fraction of sp³-hybridized carbons (Fsp3) is 0.538. The highest BCUT2D eigenvalue weighted by molar-refractivity contribution is 5.76. The molecule has 1 aromatic heterocycles. The number of aryl methyl sites for hydroxylation is 1. The van der Waals surface area contributed by atoms with Gasteiger partial charge >= 0.3 is 0 Å². The van der Waals surface area contributed by atoms with Gasteiger partial charge < -0.3 is 14.6 Å². The average Bonchev–Trinajstić information content (AvgIpc) is 2.86. The van der Waals surface area contributed by atoms with Gasteiger partial charge in [0.05, 0.1) is 12.6 Å². The topological polar surface area (TPSA) is 62.5 Å². The van der Waals surface area contributed by atoms with Crippen LogP contribution >= 0.6 is 0 Å². The molecular formula is C13H18N2O3. The van der Waals surface area contributed by atoms with Crippen molar-refractivity contribution < 1.29 is 9.90 Å². The molecule has 1 fully saturated rings. The summed E-state index contributed by atoms with van der Waals surface area (Å²) in [6, 6.07) is 4.91. The van der Waals surface area contributed by atoms with Gasteiger partial charge in [0.25, 0.3) is 5.56 Å². The number of carbonyl (C=O) groups excluding carboxylic acids is 1. The fourth-order valence-electron chi connectivity index (χ4n) is 2.36. The number of aliphatic hydroxyl groups is 1. The Morgan fingerprint density at radius 2 is 2.28 bits per heavy atom. The highest BCUT2D eigenvalue weighted by atomic mass is 16.3. The number of hydrogen-bond donors (Lipinski definition) is 1. The highest BCUT2D eigenvalue weighted by Crippen LogP contribution is 2.17. The maximum absolute atomic E-state index is 12.0. The van der Waals surface area contributed by atoms with Gasteiger partial charge in [-0.3, -0.25) is 9.59 Å². The second kappa shape index (κ2) is 5.82. The lowest BCUT2D eigenvalue weighted by atomic mass is 10.2.